The molecule has 1 amide bonds. The Hall–Kier alpha value is -3.19. The molecule has 0 radical (unpaired) electrons. The largest absolute Gasteiger partial charge is 0.494 e. The Morgan fingerprint density at radius 3 is 2.56 bits per heavy atom. The molecule has 1 fully saturated rings. The topological polar surface area (TPSA) is 76.5 Å². The van der Waals surface area contributed by atoms with Gasteiger partial charge in [0.25, 0.3) is 5.56 Å². The number of piperidine rings is 1. The first kappa shape index (κ1) is 22.0. The van der Waals surface area contributed by atoms with E-state index in [0.29, 0.717) is 29.0 Å². The molecule has 1 N–H and O–H groups in total. The predicted molar refractivity (Wildman–Crippen MR) is 127 cm³/mol. The van der Waals surface area contributed by atoms with Crippen LogP contribution >= 0.6 is 0 Å². The molecule has 3 aromatic rings. The van der Waals surface area contributed by atoms with E-state index >= 15 is 0 Å². The number of fused-ring (bicyclic) bond motifs is 1. The number of nitrogens with one attached hydrogen (secondary N) is 1. The summed E-state index contributed by atoms with van der Waals surface area (Å²) >= 11 is 0. The zero-order valence-electron chi connectivity index (χ0n) is 18.8. The van der Waals surface area contributed by atoms with Crippen LogP contribution in [0.4, 0.5) is 5.69 Å². The lowest BCUT2D eigenvalue weighted by Crippen LogP contribution is -2.31. The van der Waals surface area contributed by atoms with Crippen molar-refractivity contribution in [3.8, 4) is 11.4 Å². The number of benzene rings is 2. The third kappa shape index (κ3) is 5.16. The van der Waals surface area contributed by atoms with Gasteiger partial charge in [0.15, 0.2) is 0 Å². The van der Waals surface area contributed by atoms with E-state index in [2.05, 4.69) is 15.2 Å². The highest BCUT2D eigenvalue weighted by Crippen LogP contribution is 2.19. The van der Waals surface area contributed by atoms with Crippen molar-refractivity contribution in [2.45, 2.75) is 39.5 Å². The van der Waals surface area contributed by atoms with Crippen LogP contribution < -0.4 is 15.6 Å². The Morgan fingerprint density at radius 1 is 1.09 bits per heavy atom. The minimum Gasteiger partial charge on any atom is -0.494 e. The summed E-state index contributed by atoms with van der Waals surface area (Å²) in [5.41, 5.74) is 1.74. The van der Waals surface area contributed by atoms with Crippen LogP contribution in [0.15, 0.2) is 47.3 Å². The van der Waals surface area contributed by atoms with Crippen LogP contribution in [-0.4, -0.2) is 46.6 Å². The number of rotatable bonds is 7. The quantitative estimate of drug-likeness (QED) is 0.571. The molecule has 0 spiro atoms. The van der Waals surface area contributed by atoms with Crippen LogP contribution in [0.5, 0.6) is 5.75 Å². The summed E-state index contributed by atoms with van der Waals surface area (Å²) in [6, 6.07) is 12.7. The minimum absolute atomic E-state index is 0.171. The zero-order valence-corrected chi connectivity index (χ0v) is 18.8. The predicted octanol–water partition coefficient (Wildman–Crippen LogP) is 3.91. The first-order chi connectivity index (χ1) is 15.5. The van der Waals surface area contributed by atoms with Crippen LogP contribution in [-0.2, 0) is 4.79 Å². The fourth-order valence-corrected chi connectivity index (χ4v) is 4.23. The van der Waals surface area contributed by atoms with Crippen LogP contribution in [0.2, 0.25) is 0 Å². The lowest BCUT2D eigenvalue weighted by molar-refractivity contribution is -0.114. The minimum atomic E-state index is -0.184. The molecule has 168 valence electrons. The zero-order chi connectivity index (χ0) is 22.5. The summed E-state index contributed by atoms with van der Waals surface area (Å²) in [5.74, 6) is 1.21. The number of likely N-dealkylation sites (tertiary alicyclic amines) is 1. The van der Waals surface area contributed by atoms with Crippen LogP contribution in [0.1, 0.15) is 38.4 Å². The second kappa shape index (κ2) is 9.96. The molecule has 32 heavy (non-hydrogen) atoms. The number of ether oxygens (including phenoxy) is 1. The molecule has 0 bridgehead atoms. The number of hydrogen-bond acceptors (Lipinski definition) is 5. The summed E-state index contributed by atoms with van der Waals surface area (Å²) in [7, 11) is 0. The van der Waals surface area contributed by atoms with Crippen molar-refractivity contribution in [2.75, 3.05) is 31.6 Å². The van der Waals surface area contributed by atoms with Crippen LogP contribution in [0.25, 0.3) is 16.6 Å². The molecule has 7 nitrogen and oxygen atoms in total. The van der Waals surface area contributed by atoms with Gasteiger partial charge in [-0.1, -0.05) is 6.42 Å². The molecule has 0 atom stereocenters. The first-order valence-corrected chi connectivity index (χ1v) is 11.3. The van der Waals surface area contributed by atoms with E-state index in [1.165, 1.54) is 39.3 Å². The van der Waals surface area contributed by atoms with Gasteiger partial charge in [-0.2, -0.15) is 0 Å². The second-order valence-electron chi connectivity index (χ2n) is 8.31. The van der Waals surface area contributed by atoms with E-state index in [0.717, 1.165) is 24.4 Å². The van der Waals surface area contributed by atoms with Crippen molar-refractivity contribution in [1.29, 1.82) is 0 Å². The Labute approximate surface area is 188 Å². The van der Waals surface area contributed by atoms with Crippen molar-refractivity contribution in [2.24, 2.45) is 0 Å². The second-order valence-corrected chi connectivity index (χ2v) is 8.31. The number of hydrogen-bond donors (Lipinski definition) is 1. The molecule has 1 saturated heterocycles. The SMILES string of the molecule is CC(=O)Nc1ccc2nc(C)n(-c3ccc(OCCCN4CCCCC4)cc3)c(=O)c2c1. The molecular weight excluding hydrogens is 404 g/mol. The van der Waals surface area contributed by atoms with Gasteiger partial charge in [0, 0.05) is 19.2 Å². The number of amides is 1. The summed E-state index contributed by atoms with van der Waals surface area (Å²) in [6.45, 7) is 7.42. The smallest absolute Gasteiger partial charge is 0.266 e. The highest BCUT2D eigenvalue weighted by atomic mass is 16.5. The van der Waals surface area contributed by atoms with Gasteiger partial charge in [0.05, 0.1) is 23.2 Å². The van der Waals surface area contributed by atoms with E-state index in [-0.39, 0.29) is 11.5 Å². The molecule has 2 heterocycles. The van der Waals surface area contributed by atoms with E-state index in [1.807, 2.05) is 31.2 Å². The van der Waals surface area contributed by atoms with Crippen LogP contribution in [0.3, 0.4) is 0 Å². The summed E-state index contributed by atoms with van der Waals surface area (Å²) in [5, 5.41) is 3.17. The maximum Gasteiger partial charge on any atom is 0.266 e. The van der Waals surface area contributed by atoms with Gasteiger partial charge in [-0.15, -0.1) is 0 Å². The molecule has 2 aromatic carbocycles. The van der Waals surface area contributed by atoms with Crippen LogP contribution in [0, 0.1) is 6.92 Å². The Balaban J connectivity index is 1.47. The van der Waals surface area contributed by atoms with Crippen molar-refractivity contribution in [3.63, 3.8) is 0 Å². The normalized spacial score (nSPS) is 14.4. The van der Waals surface area contributed by atoms with E-state index < -0.39 is 0 Å². The monoisotopic (exact) mass is 434 g/mol. The summed E-state index contributed by atoms with van der Waals surface area (Å²) < 4.78 is 7.48. The van der Waals surface area contributed by atoms with Gasteiger partial charge in [0.1, 0.15) is 11.6 Å². The molecule has 0 aliphatic carbocycles. The van der Waals surface area contributed by atoms with Gasteiger partial charge in [-0.3, -0.25) is 14.2 Å². The van der Waals surface area contributed by atoms with E-state index in [4.69, 9.17) is 4.74 Å². The van der Waals surface area contributed by atoms with E-state index in [9.17, 15) is 9.59 Å². The average molecular weight is 435 g/mol. The van der Waals surface area contributed by atoms with Crippen molar-refractivity contribution < 1.29 is 9.53 Å². The van der Waals surface area contributed by atoms with Gasteiger partial charge in [-0.05, 0) is 81.7 Å². The molecule has 7 heteroatoms. The highest BCUT2D eigenvalue weighted by molar-refractivity contribution is 5.92. The first-order valence-electron chi connectivity index (χ1n) is 11.3. The average Bonchev–Trinajstić information content (AvgIpc) is 2.78. The Bertz CT molecular complexity index is 1150. The number of aryl methyl sites for hydroxylation is 1. The molecular formula is C25H30N4O3. The highest BCUT2D eigenvalue weighted by Gasteiger charge is 2.12. The lowest BCUT2D eigenvalue weighted by Gasteiger charge is -2.26. The van der Waals surface area contributed by atoms with Gasteiger partial charge in [-0.25, -0.2) is 4.98 Å². The Morgan fingerprint density at radius 2 is 1.84 bits per heavy atom. The van der Waals surface area contributed by atoms with E-state index in [1.54, 1.807) is 22.8 Å². The third-order valence-corrected chi connectivity index (χ3v) is 5.79. The Kier molecular flexibility index (Phi) is 6.85. The van der Waals surface area contributed by atoms with Crippen molar-refractivity contribution in [3.05, 3.63) is 58.6 Å². The van der Waals surface area contributed by atoms with Crippen molar-refractivity contribution >= 4 is 22.5 Å². The third-order valence-electron chi connectivity index (χ3n) is 5.79. The fraction of sp³-hybridized carbons (Fsp3) is 0.400. The van der Waals surface area contributed by atoms with Crippen molar-refractivity contribution in [1.82, 2.24) is 14.5 Å². The molecule has 1 aliphatic heterocycles. The molecule has 0 saturated carbocycles. The summed E-state index contributed by atoms with van der Waals surface area (Å²) in [6.07, 6.45) is 4.97. The number of nitrogens with zero attached hydrogens (tertiary/aromatic N) is 3. The van der Waals surface area contributed by atoms with Gasteiger partial charge < -0.3 is 15.0 Å². The maximum atomic E-state index is 13.2. The fourth-order valence-electron chi connectivity index (χ4n) is 4.23. The maximum absolute atomic E-state index is 13.2. The molecule has 0 unspecified atom stereocenters. The lowest BCUT2D eigenvalue weighted by atomic mass is 10.1. The number of carbonyl (C=O) groups is 1. The standard InChI is InChI=1S/C25H30N4O3/c1-18-26-24-12-7-20(27-19(2)30)17-23(24)25(31)29(18)21-8-10-22(11-9-21)32-16-6-15-28-13-4-3-5-14-28/h7-12,17H,3-6,13-16H2,1-2H3,(H,27,30). The molecule has 4 rings (SSSR count). The number of aromatic nitrogens is 2. The summed E-state index contributed by atoms with van der Waals surface area (Å²) in [4.78, 5) is 31.7. The number of anilines is 1. The van der Waals surface area contributed by atoms with Gasteiger partial charge in [0.2, 0.25) is 5.91 Å². The number of carbonyl (C=O) groups excluding carboxylic acids is 1. The van der Waals surface area contributed by atoms with Gasteiger partial charge >= 0.3 is 0 Å². The molecule has 1 aliphatic rings. The molecule has 1 aromatic heterocycles.